The van der Waals surface area contributed by atoms with Gasteiger partial charge in [-0.2, -0.15) is 15.0 Å². The predicted octanol–water partition coefficient (Wildman–Crippen LogP) is 1.23. The molecule has 0 radical (unpaired) electrons. The molecule has 1 aliphatic heterocycles. The van der Waals surface area contributed by atoms with Crippen LogP contribution in [0.15, 0.2) is 0 Å². The Bertz CT molecular complexity index is 447. The van der Waals surface area contributed by atoms with E-state index < -0.39 is 0 Å². The minimum absolute atomic E-state index is 0.394. The van der Waals surface area contributed by atoms with E-state index in [0.29, 0.717) is 30.6 Å². The van der Waals surface area contributed by atoms with Crippen LogP contribution in [0.4, 0.5) is 11.9 Å². The number of hydrogen-bond acceptors (Lipinski definition) is 7. The highest BCUT2D eigenvalue weighted by Crippen LogP contribution is 2.21. The summed E-state index contributed by atoms with van der Waals surface area (Å²) in [6, 6.07) is 0.860. The minimum Gasteiger partial charge on any atom is -0.463 e. The van der Waals surface area contributed by atoms with Crippen molar-refractivity contribution in [2.24, 2.45) is 0 Å². The summed E-state index contributed by atoms with van der Waals surface area (Å²) in [7, 11) is 6.02. The van der Waals surface area contributed by atoms with Crippen molar-refractivity contribution >= 4 is 11.9 Å². The number of nitrogens with one attached hydrogen (secondary N) is 1. The Labute approximate surface area is 126 Å². The SMILES string of the molecule is CCCOc1nc(NC)nc(N(C)C2CCN(C)CC2)n1. The zero-order chi connectivity index (χ0) is 15.2. The Morgan fingerprint density at radius 2 is 2.00 bits per heavy atom. The third-order valence-corrected chi connectivity index (χ3v) is 3.81. The van der Waals surface area contributed by atoms with Crippen LogP contribution in [-0.2, 0) is 0 Å². The first-order valence-corrected chi connectivity index (χ1v) is 7.62. The number of aromatic nitrogens is 3. The lowest BCUT2D eigenvalue weighted by molar-refractivity contribution is 0.251. The molecule has 1 aromatic rings. The fraction of sp³-hybridized carbons (Fsp3) is 0.786. The van der Waals surface area contributed by atoms with E-state index in [0.717, 1.165) is 32.4 Å². The van der Waals surface area contributed by atoms with Gasteiger partial charge in [-0.3, -0.25) is 0 Å². The second kappa shape index (κ2) is 7.40. The average Bonchev–Trinajstić information content (AvgIpc) is 2.52. The number of rotatable bonds is 6. The summed E-state index contributed by atoms with van der Waals surface area (Å²) >= 11 is 0. The number of nitrogens with zero attached hydrogens (tertiary/aromatic N) is 5. The molecule has 0 aliphatic carbocycles. The second-order valence-corrected chi connectivity index (χ2v) is 5.49. The van der Waals surface area contributed by atoms with E-state index in [1.165, 1.54) is 0 Å². The van der Waals surface area contributed by atoms with Gasteiger partial charge >= 0.3 is 6.01 Å². The Hall–Kier alpha value is -1.63. The van der Waals surface area contributed by atoms with E-state index in [1.54, 1.807) is 7.05 Å². The molecule has 21 heavy (non-hydrogen) atoms. The molecule has 1 saturated heterocycles. The fourth-order valence-electron chi connectivity index (χ4n) is 2.42. The zero-order valence-corrected chi connectivity index (χ0v) is 13.5. The average molecular weight is 294 g/mol. The molecule has 0 aromatic carbocycles. The summed E-state index contributed by atoms with van der Waals surface area (Å²) in [5.74, 6) is 1.22. The van der Waals surface area contributed by atoms with Crippen LogP contribution in [0.3, 0.4) is 0 Å². The Balaban J connectivity index is 2.13. The molecule has 2 heterocycles. The lowest BCUT2D eigenvalue weighted by Crippen LogP contribution is -2.42. The van der Waals surface area contributed by atoms with Gasteiger partial charge in [-0.15, -0.1) is 0 Å². The van der Waals surface area contributed by atoms with Crippen LogP contribution in [0.2, 0.25) is 0 Å². The van der Waals surface area contributed by atoms with Crippen LogP contribution in [0.5, 0.6) is 6.01 Å². The van der Waals surface area contributed by atoms with Gasteiger partial charge in [-0.1, -0.05) is 6.92 Å². The van der Waals surface area contributed by atoms with E-state index in [2.05, 4.69) is 44.0 Å². The number of piperidine rings is 1. The van der Waals surface area contributed by atoms with E-state index in [4.69, 9.17) is 4.74 Å². The summed E-state index contributed by atoms with van der Waals surface area (Å²) in [4.78, 5) is 17.6. The van der Waals surface area contributed by atoms with Crippen molar-refractivity contribution in [3.05, 3.63) is 0 Å². The normalized spacial score (nSPS) is 16.8. The third-order valence-electron chi connectivity index (χ3n) is 3.81. The van der Waals surface area contributed by atoms with E-state index in [-0.39, 0.29) is 0 Å². The van der Waals surface area contributed by atoms with E-state index in [9.17, 15) is 0 Å². The molecule has 0 amide bonds. The Morgan fingerprint density at radius 1 is 1.29 bits per heavy atom. The predicted molar refractivity (Wildman–Crippen MR) is 84.1 cm³/mol. The van der Waals surface area contributed by atoms with Crippen molar-refractivity contribution in [3.8, 4) is 6.01 Å². The molecule has 0 spiro atoms. The van der Waals surface area contributed by atoms with Gasteiger partial charge in [-0.05, 0) is 39.4 Å². The molecule has 7 heteroatoms. The minimum atomic E-state index is 0.394. The van der Waals surface area contributed by atoms with Crippen molar-refractivity contribution in [3.63, 3.8) is 0 Å². The molecule has 118 valence electrons. The monoisotopic (exact) mass is 294 g/mol. The molecule has 0 bridgehead atoms. The highest BCUT2D eigenvalue weighted by atomic mass is 16.5. The molecular weight excluding hydrogens is 268 g/mol. The van der Waals surface area contributed by atoms with Crippen LogP contribution in [-0.4, -0.2) is 66.7 Å². The van der Waals surface area contributed by atoms with E-state index >= 15 is 0 Å². The summed E-state index contributed by atoms with van der Waals surface area (Å²) in [6.45, 7) is 4.90. The number of anilines is 2. The van der Waals surface area contributed by atoms with Crippen LogP contribution in [0.1, 0.15) is 26.2 Å². The fourth-order valence-corrected chi connectivity index (χ4v) is 2.42. The first-order valence-electron chi connectivity index (χ1n) is 7.62. The lowest BCUT2D eigenvalue weighted by atomic mass is 10.0. The molecule has 1 fully saturated rings. The van der Waals surface area contributed by atoms with Crippen molar-refractivity contribution in [2.45, 2.75) is 32.2 Å². The quantitative estimate of drug-likeness (QED) is 0.846. The van der Waals surface area contributed by atoms with Crippen LogP contribution >= 0.6 is 0 Å². The maximum absolute atomic E-state index is 5.56. The highest BCUT2D eigenvalue weighted by Gasteiger charge is 2.23. The Kier molecular flexibility index (Phi) is 5.55. The molecule has 7 nitrogen and oxygen atoms in total. The zero-order valence-electron chi connectivity index (χ0n) is 13.5. The first-order chi connectivity index (χ1) is 10.1. The maximum atomic E-state index is 5.56. The standard InChI is InChI=1S/C14H26N6O/c1-5-10-21-14-17-12(15-2)16-13(18-14)20(4)11-6-8-19(3)9-7-11/h11H,5-10H2,1-4H3,(H,15,16,17,18). The third kappa shape index (κ3) is 4.17. The van der Waals surface area contributed by atoms with Crippen LogP contribution in [0, 0.1) is 0 Å². The smallest absolute Gasteiger partial charge is 0.323 e. The van der Waals surface area contributed by atoms with Crippen LogP contribution in [0.25, 0.3) is 0 Å². The topological polar surface area (TPSA) is 66.4 Å². The lowest BCUT2D eigenvalue weighted by Gasteiger charge is -2.35. The van der Waals surface area contributed by atoms with Crippen molar-refractivity contribution < 1.29 is 4.74 Å². The second-order valence-electron chi connectivity index (χ2n) is 5.49. The molecule has 0 atom stereocenters. The molecule has 2 rings (SSSR count). The van der Waals surface area contributed by atoms with Gasteiger partial charge in [0.2, 0.25) is 11.9 Å². The van der Waals surface area contributed by atoms with Gasteiger partial charge in [0.25, 0.3) is 0 Å². The maximum Gasteiger partial charge on any atom is 0.323 e. The summed E-state index contributed by atoms with van der Waals surface area (Å²) < 4.78 is 5.56. The van der Waals surface area contributed by atoms with Gasteiger partial charge in [0.15, 0.2) is 0 Å². The van der Waals surface area contributed by atoms with Gasteiger partial charge in [0.05, 0.1) is 6.61 Å². The first kappa shape index (κ1) is 15.8. The Morgan fingerprint density at radius 3 is 2.62 bits per heavy atom. The molecule has 0 unspecified atom stereocenters. The summed E-state index contributed by atoms with van der Waals surface area (Å²) in [5.41, 5.74) is 0. The summed E-state index contributed by atoms with van der Waals surface area (Å²) in [5, 5.41) is 2.97. The van der Waals surface area contributed by atoms with Crippen molar-refractivity contribution in [1.29, 1.82) is 0 Å². The molecule has 1 N–H and O–H groups in total. The van der Waals surface area contributed by atoms with Gasteiger partial charge in [0.1, 0.15) is 0 Å². The van der Waals surface area contributed by atoms with Gasteiger partial charge in [-0.25, -0.2) is 0 Å². The van der Waals surface area contributed by atoms with Crippen LogP contribution < -0.4 is 15.0 Å². The molecule has 1 aromatic heterocycles. The number of likely N-dealkylation sites (tertiary alicyclic amines) is 1. The highest BCUT2D eigenvalue weighted by molar-refractivity contribution is 5.38. The van der Waals surface area contributed by atoms with Gasteiger partial charge in [0, 0.05) is 20.1 Å². The molecule has 1 aliphatic rings. The summed E-state index contributed by atoms with van der Waals surface area (Å²) in [6.07, 6.45) is 3.18. The number of hydrogen-bond donors (Lipinski definition) is 1. The van der Waals surface area contributed by atoms with E-state index in [1.807, 2.05) is 7.05 Å². The number of ether oxygens (including phenoxy) is 1. The van der Waals surface area contributed by atoms with Crippen molar-refractivity contribution in [2.75, 3.05) is 51.1 Å². The van der Waals surface area contributed by atoms with Gasteiger partial charge < -0.3 is 19.9 Å². The van der Waals surface area contributed by atoms with Crippen molar-refractivity contribution in [1.82, 2.24) is 19.9 Å². The largest absolute Gasteiger partial charge is 0.463 e. The molecule has 0 saturated carbocycles. The molecular formula is C14H26N6O.